The third-order valence-electron chi connectivity index (χ3n) is 5.69. The van der Waals surface area contributed by atoms with Crippen LogP contribution in [0.15, 0.2) is 35.3 Å². The van der Waals surface area contributed by atoms with Gasteiger partial charge in [-0.3, -0.25) is 14.3 Å². The third-order valence-corrected chi connectivity index (χ3v) is 5.69. The number of carbonyl (C=O) groups excluding carboxylic acids is 1. The molecule has 3 heterocycles. The van der Waals surface area contributed by atoms with Crippen molar-refractivity contribution in [1.29, 1.82) is 0 Å². The summed E-state index contributed by atoms with van der Waals surface area (Å²) in [6.07, 6.45) is 5.84. The molecule has 2 atom stereocenters. The Morgan fingerprint density at radius 1 is 1.16 bits per heavy atom. The van der Waals surface area contributed by atoms with Gasteiger partial charge in [0.2, 0.25) is 11.3 Å². The van der Waals surface area contributed by atoms with E-state index in [2.05, 4.69) is 17.0 Å². The van der Waals surface area contributed by atoms with Gasteiger partial charge in [0, 0.05) is 24.0 Å². The van der Waals surface area contributed by atoms with Crippen molar-refractivity contribution in [3.63, 3.8) is 0 Å². The van der Waals surface area contributed by atoms with E-state index in [0.29, 0.717) is 17.5 Å². The molecule has 2 aliphatic heterocycles. The molecule has 0 radical (unpaired) electrons. The maximum absolute atomic E-state index is 13.0. The van der Waals surface area contributed by atoms with E-state index in [0.717, 1.165) is 31.4 Å². The second-order valence-electron chi connectivity index (χ2n) is 7.17. The number of rotatable bonds is 3. The molecule has 2 aromatic rings. The molecule has 6 heteroatoms. The summed E-state index contributed by atoms with van der Waals surface area (Å²) in [5.74, 6) is 0.101. The number of carbonyl (C=O) groups is 1. The minimum atomic E-state index is -0.106. The van der Waals surface area contributed by atoms with Crippen LogP contribution in [0, 0.1) is 0 Å². The van der Waals surface area contributed by atoms with Gasteiger partial charge in [-0.2, -0.15) is 5.10 Å². The molecule has 1 aromatic heterocycles. The van der Waals surface area contributed by atoms with Crippen molar-refractivity contribution in [2.45, 2.75) is 44.3 Å². The SMILES string of the molecule is CN1CCC[C@@H]1[C@@H]1CCCN1C(=O)Cn1ncc(=O)c2ccccc21. The molecule has 2 fully saturated rings. The first-order valence-electron chi connectivity index (χ1n) is 9.10. The van der Waals surface area contributed by atoms with Crippen LogP contribution in [0.1, 0.15) is 25.7 Å². The van der Waals surface area contributed by atoms with Crippen molar-refractivity contribution >= 4 is 16.8 Å². The quantitative estimate of drug-likeness (QED) is 0.849. The average molecular weight is 340 g/mol. The van der Waals surface area contributed by atoms with E-state index in [1.54, 1.807) is 10.7 Å². The summed E-state index contributed by atoms with van der Waals surface area (Å²) in [4.78, 5) is 29.4. The highest BCUT2D eigenvalue weighted by atomic mass is 16.2. The maximum atomic E-state index is 13.0. The average Bonchev–Trinajstić information content (AvgIpc) is 3.26. The zero-order chi connectivity index (χ0) is 17.4. The first-order valence-corrected chi connectivity index (χ1v) is 9.10. The number of aromatic nitrogens is 2. The topological polar surface area (TPSA) is 58.4 Å². The largest absolute Gasteiger partial charge is 0.337 e. The second kappa shape index (κ2) is 6.59. The molecule has 1 aromatic carbocycles. The first kappa shape index (κ1) is 16.3. The Kier molecular flexibility index (Phi) is 4.29. The van der Waals surface area contributed by atoms with Crippen LogP contribution >= 0.6 is 0 Å². The number of likely N-dealkylation sites (tertiary alicyclic amines) is 2. The molecule has 0 saturated carbocycles. The molecule has 1 amide bonds. The lowest BCUT2D eigenvalue weighted by Crippen LogP contribution is -2.48. The Bertz CT molecular complexity index is 847. The fraction of sp³-hybridized carbons (Fsp3) is 0.526. The third kappa shape index (κ3) is 2.95. The summed E-state index contributed by atoms with van der Waals surface area (Å²) in [5, 5.41) is 4.81. The fourth-order valence-electron chi connectivity index (χ4n) is 4.43. The van der Waals surface area contributed by atoms with Gasteiger partial charge in [0.1, 0.15) is 6.54 Å². The molecule has 4 rings (SSSR count). The molecule has 6 nitrogen and oxygen atoms in total. The van der Waals surface area contributed by atoms with E-state index in [1.807, 2.05) is 23.1 Å². The van der Waals surface area contributed by atoms with Crippen LogP contribution in [0.5, 0.6) is 0 Å². The Morgan fingerprint density at radius 3 is 2.72 bits per heavy atom. The van der Waals surface area contributed by atoms with E-state index >= 15 is 0 Å². The molecule has 0 aliphatic carbocycles. The highest BCUT2D eigenvalue weighted by Crippen LogP contribution is 2.29. The van der Waals surface area contributed by atoms with Crippen molar-refractivity contribution in [2.75, 3.05) is 20.1 Å². The van der Waals surface area contributed by atoms with Crippen LogP contribution in [0.2, 0.25) is 0 Å². The molecule has 2 saturated heterocycles. The van der Waals surface area contributed by atoms with Crippen molar-refractivity contribution in [3.8, 4) is 0 Å². The Labute approximate surface area is 147 Å². The normalized spacial score (nSPS) is 24.3. The lowest BCUT2D eigenvalue weighted by atomic mass is 10.0. The highest BCUT2D eigenvalue weighted by molar-refractivity contribution is 5.81. The number of fused-ring (bicyclic) bond motifs is 1. The maximum Gasteiger partial charge on any atom is 0.244 e. The van der Waals surface area contributed by atoms with E-state index in [1.165, 1.54) is 19.0 Å². The van der Waals surface area contributed by atoms with Gasteiger partial charge in [-0.05, 0) is 51.4 Å². The number of nitrogens with zero attached hydrogens (tertiary/aromatic N) is 4. The lowest BCUT2D eigenvalue weighted by molar-refractivity contribution is -0.133. The Morgan fingerprint density at radius 2 is 1.92 bits per heavy atom. The van der Waals surface area contributed by atoms with Gasteiger partial charge < -0.3 is 9.80 Å². The summed E-state index contributed by atoms with van der Waals surface area (Å²) < 4.78 is 1.66. The van der Waals surface area contributed by atoms with E-state index in [-0.39, 0.29) is 17.9 Å². The number of amides is 1. The monoisotopic (exact) mass is 340 g/mol. The summed E-state index contributed by atoms with van der Waals surface area (Å²) in [7, 11) is 2.16. The molecular weight excluding hydrogens is 316 g/mol. The predicted octanol–water partition coefficient (Wildman–Crippen LogP) is 1.48. The van der Waals surface area contributed by atoms with Crippen LogP contribution in [0.4, 0.5) is 0 Å². The minimum absolute atomic E-state index is 0.101. The van der Waals surface area contributed by atoms with Gasteiger partial charge in [-0.1, -0.05) is 12.1 Å². The van der Waals surface area contributed by atoms with Gasteiger partial charge in [0.25, 0.3) is 0 Å². The molecule has 0 N–H and O–H groups in total. The van der Waals surface area contributed by atoms with Crippen LogP contribution < -0.4 is 5.43 Å². The number of likely N-dealkylation sites (N-methyl/N-ethyl adjacent to an activating group) is 1. The lowest BCUT2D eigenvalue weighted by Gasteiger charge is -2.33. The van der Waals surface area contributed by atoms with E-state index in [4.69, 9.17) is 0 Å². The highest BCUT2D eigenvalue weighted by Gasteiger charge is 2.38. The van der Waals surface area contributed by atoms with Gasteiger partial charge in [-0.15, -0.1) is 0 Å². The second-order valence-corrected chi connectivity index (χ2v) is 7.17. The van der Waals surface area contributed by atoms with Gasteiger partial charge in [0.05, 0.1) is 11.7 Å². The summed E-state index contributed by atoms with van der Waals surface area (Å²) in [5.41, 5.74) is 0.614. The van der Waals surface area contributed by atoms with Crippen molar-refractivity contribution < 1.29 is 4.79 Å². The van der Waals surface area contributed by atoms with Crippen molar-refractivity contribution in [1.82, 2.24) is 19.6 Å². The van der Waals surface area contributed by atoms with Crippen LogP contribution in [0.3, 0.4) is 0 Å². The minimum Gasteiger partial charge on any atom is -0.337 e. The van der Waals surface area contributed by atoms with Crippen LogP contribution in [-0.4, -0.2) is 57.7 Å². The molecular formula is C19H24N4O2. The molecule has 0 unspecified atom stereocenters. The molecule has 0 bridgehead atoms. The molecule has 0 spiro atoms. The number of hydrogen-bond donors (Lipinski definition) is 0. The van der Waals surface area contributed by atoms with Gasteiger partial charge >= 0.3 is 0 Å². The van der Waals surface area contributed by atoms with Gasteiger partial charge in [0.15, 0.2) is 0 Å². The fourth-order valence-corrected chi connectivity index (χ4v) is 4.43. The van der Waals surface area contributed by atoms with Crippen LogP contribution in [0.25, 0.3) is 10.9 Å². The zero-order valence-corrected chi connectivity index (χ0v) is 14.6. The Hall–Kier alpha value is -2.21. The molecule has 25 heavy (non-hydrogen) atoms. The standard InChI is InChI=1S/C19H24N4O2/c1-21-10-4-8-16(21)17-9-5-11-22(17)19(25)13-23-15-7-3-2-6-14(15)18(24)12-20-23/h2-3,6-7,12,16-17H,4-5,8-11,13H2,1H3/t16-,17+/m1/s1. The Balaban J connectivity index is 1.58. The summed E-state index contributed by atoms with van der Waals surface area (Å²) in [6, 6.07) is 8.13. The van der Waals surface area contributed by atoms with Crippen molar-refractivity contribution in [2.24, 2.45) is 0 Å². The van der Waals surface area contributed by atoms with Crippen molar-refractivity contribution in [3.05, 3.63) is 40.7 Å². The predicted molar refractivity (Wildman–Crippen MR) is 96.4 cm³/mol. The smallest absolute Gasteiger partial charge is 0.244 e. The number of hydrogen-bond acceptors (Lipinski definition) is 4. The van der Waals surface area contributed by atoms with E-state index in [9.17, 15) is 9.59 Å². The molecule has 132 valence electrons. The zero-order valence-electron chi connectivity index (χ0n) is 14.6. The first-order chi connectivity index (χ1) is 12.1. The summed E-state index contributed by atoms with van der Waals surface area (Å²) in [6.45, 7) is 2.13. The number of para-hydroxylation sites is 1. The molecule has 2 aliphatic rings. The van der Waals surface area contributed by atoms with Crippen LogP contribution in [-0.2, 0) is 11.3 Å². The van der Waals surface area contributed by atoms with Gasteiger partial charge in [-0.25, -0.2) is 0 Å². The van der Waals surface area contributed by atoms with E-state index < -0.39 is 0 Å². The summed E-state index contributed by atoms with van der Waals surface area (Å²) >= 11 is 0. The number of benzene rings is 1.